The number of rotatable bonds is 3. The molecule has 0 amide bonds. The Balaban J connectivity index is 3.11. The molecule has 0 aromatic heterocycles. The monoisotopic (exact) mass is 259 g/mol. The maximum Gasteiger partial charge on any atom is 0.129 e. The third kappa shape index (κ3) is 2.34. The van der Waals surface area contributed by atoms with Gasteiger partial charge in [-0.15, -0.1) is 0 Å². The molecule has 0 unspecified atom stereocenters. The maximum absolute atomic E-state index is 13.7. The van der Waals surface area contributed by atoms with Crippen molar-refractivity contribution in [1.82, 2.24) is 5.32 Å². The molecule has 0 atom stereocenters. The van der Waals surface area contributed by atoms with Crippen LogP contribution < -0.4 is 5.32 Å². The van der Waals surface area contributed by atoms with Crippen LogP contribution in [0.5, 0.6) is 0 Å². The van der Waals surface area contributed by atoms with Crippen LogP contribution in [0, 0.1) is 19.7 Å². The van der Waals surface area contributed by atoms with E-state index in [1.54, 1.807) is 6.92 Å². The minimum absolute atomic E-state index is 0.0686. The highest BCUT2D eigenvalue weighted by Gasteiger charge is 2.11. The Labute approximate surface area is 92.8 Å². The van der Waals surface area contributed by atoms with Crippen molar-refractivity contribution in [3.05, 3.63) is 33.0 Å². The van der Waals surface area contributed by atoms with Crippen LogP contribution >= 0.6 is 15.9 Å². The highest BCUT2D eigenvalue weighted by molar-refractivity contribution is 9.10. The van der Waals surface area contributed by atoms with E-state index in [-0.39, 0.29) is 5.82 Å². The molecular weight excluding hydrogens is 245 g/mol. The molecule has 1 nitrogen and oxygen atoms in total. The van der Waals surface area contributed by atoms with Gasteiger partial charge in [0.1, 0.15) is 5.82 Å². The first-order valence-corrected chi connectivity index (χ1v) is 5.46. The van der Waals surface area contributed by atoms with Crippen LogP contribution in [0.2, 0.25) is 0 Å². The summed E-state index contributed by atoms with van der Waals surface area (Å²) in [5.74, 6) is -0.0686. The van der Waals surface area contributed by atoms with E-state index in [9.17, 15) is 4.39 Å². The molecule has 0 bridgehead atoms. The number of hydrogen-bond acceptors (Lipinski definition) is 1. The first-order valence-electron chi connectivity index (χ1n) is 4.66. The third-order valence-corrected chi connectivity index (χ3v) is 3.21. The van der Waals surface area contributed by atoms with Gasteiger partial charge in [-0.1, -0.05) is 15.9 Å². The molecule has 0 aliphatic heterocycles. The Bertz CT molecular complexity index is 310. The van der Waals surface area contributed by atoms with Gasteiger partial charge >= 0.3 is 0 Å². The Morgan fingerprint density at radius 3 is 2.64 bits per heavy atom. The van der Waals surface area contributed by atoms with Gasteiger partial charge in [0, 0.05) is 4.47 Å². The van der Waals surface area contributed by atoms with Crippen molar-refractivity contribution in [2.24, 2.45) is 0 Å². The van der Waals surface area contributed by atoms with E-state index < -0.39 is 0 Å². The van der Waals surface area contributed by atoms with E-state index in [1.165, 1.54) is 0 Å². The van der Waals surface area contributed by atoms with Gasteiger partial charge in [0.05, 0.1) is 0 Å². The summed E-state index contributed by atoms with van der Waals surface area (Å²) >= 11 is 3.44. The summed E-state index contributed by atoms with van der Waals surface area (Å²) in [6.07, 6.45) is 0.731. The minimum Gasteiger partial charge on any atom is -0.319 e. The largest absolute Gasteiger partial charge is 0.319 e. The summed E-state index contributed by atoms with van der Waals surface area (Å²) in [7, 11) is 1.87. The van der Waals surface area contributed by atoms with Crippen molar-refractivity contribution in [2.45, 2.75) is 20.3 Å². The average molecular weight is 260 g/mol. The van der Waals surface area contributed by atoms with Gasteiger partial charge in [-0.2, -0.15) is 0 Å². The van der Waals surface area contributed by atoms with Crippen LogP contribution in [0.4, 0.5) is 4.39 Å². The fraction of sp³-hybridized carbons (Fsp3) is 0.455. The summed E-state index contributed by atoms with van der Waals surface area (Å²) < 4.78 is 14.7. The second kappa shape index (κ2) is 4.89. The molecule has 14 heavy (non-hydrogen) atoms. The predicted molar refractivity (Wildman–Crippen MR) is 61.2 cm³/mol. The normalized spacial score (nSPS) is 10.6. The lowest BCUT2D eigenvalue weighted by molar-refractivity contribution is 0.593. The second-order valence-electron chi connectivity index (χ2n) is 3.45. The van der Waals surface area contributed by atoms with Crippen molar-refractivity contribution < 1.29 is 4.39 Å². The topological polar surface area (TPSA) is 12.0 Å². The van der Waals surface area contributed by atoms with E-state index in [0.29, 0.717) is 5.56 Å². The number of aryl methyl sites for hydroxylation is 1. The van der Waals surface area contributed by atoms with Crippen molar-refractivity contribution >= 4 is 15.9 Å². The molecule has 1 rings (SSSR count). The summed E-state index contributed by atoms with van der Waals surface area (Å²) in [6.45, 7) is 4.54. The quantitative estimate of drug-likeness (QED) is 0.881. The number of halogens is 2. The molecule has 78 valence electrons. The van der Waals surface area contributed by atoms with Gasteiger partial charge < -0.3 is 5.32 Å². The summed E-state index contributed by atoms with van der Waals surface area (Å²) in [5, 5.41) is 3.03. The standard InChI is InChI=1S/C11H15BrFN/c1-7-6-10(12)8(2)9(11(7)13)4-5-14-3/h6,14H,4-5H2,1-3H3. The fourth-order valence-electron chi connectivity index (χ4n) is 1.46. The third-order valence-electron chi connectivity index (χ3n) is 2.39. The molecule has 0 fully saturated rings. The number of benzene rings is 1. The van der Waals surface area contributed by atoms with E-state index in [0.717, 1.165) is 28.6 Å². The molecule has 3 heteroatoms. The van der Waals surface area contributed by atoms with E-state index in [2.05, 4.69) is 21.2 Å². The molecular formula is C11H15BrFN. The molecule has 1 aromatic rings. The van der Waals surface area contributed by atoms with Crippen LogP contribution in [0.15, 0.2) is 10.5 Å². The zero-order valence-corrected chi connectivity index (χ0v) is 10.3. The van der Waals surface area contributed by atoms with E-state index >= 15 is 0 Å². The van der Waals surface area contributed by atoms with Gasteiger partial charge in [-0.25, -0.2) is 4.39 Å². The van der Waals surface area contributed by atoms with Gasteiger partial charge in [0.15, 0.2) is 0 Å². The Morgan fingerprint density at radius 2 is 2.07 bits per heavy atom. The van der Waals surface area contributed by atoms with Gasteiger partial charge in [-0.3, -0.25) is 0 Å². The number of hydrogen-bond donors (Lipinski definition) is 1. The summed E-state index contributed by atoms with van der Waals surface area (Å²) in [5.41, 5.74) is 2.52. The SMILES string of the molecule is CNCCc1c(C)c(Br)cc(C)c1F. The second-order valence-corrected chi connectivity index (χ2v) is 4.30. The van der Waals surface area contributed by atoms with Crippen molar-refractivity contribution in [3.8, 4) is 0 Å². The van der Waals surface area contributed by atoms with Crippen molar-refractivity contribution in [3.63, 3.8) is 0 Å². The summed E-state index contributed by atoms with van der Waals surface area (Å²) in [6, 6.07) is 1.83. The fourth-order valence-corrected chi connectivity index (χ4v) is 2.04. The number of likely N-dealkylation sites (N-methyl/N-ethyl adjacent to an activating group) is 1. The molecule has 0 radical (unpaired) electrons. The van der Waals surface area contributed by atoms with E-state index in [1.807, 2.05) is 20.0 Å². The zero-order valence-electron chi connectivity index (χ0n) is 8.75. The molecule has 1 N–H and O–H groups in total. The zero-order chi connectivity index (χ0) is 10.7. The minimum atomic E-state index is -0.0686. The molecule has 0 spiro atoms. The molecule has 0 heterocycles. The molecule has 0 aliphatic carbocycles. The highest BCUT2D eigenvalue weighted by Crippen LogP contribution is 2.25. The van der Waals surface area contributed by atoms with Crippen LogP contribution in [0.3, 0.4) is 0 Å². The smallest absolute Gasteiger partial charge is 0.129 e. The lowest BCUT2D eigenvalue weighted by Gasteiger charge is -2.11. The maximum atomic E-state index is 13.7. The lowest BCUT2D eigenvalue weighted by atomic mass is 10.0. The van der Waals surface area contributed by atoms with Crippen LogP contribution in [-0.4, -0.2) is 13.6 Å². The Hall–Kier alpha value is -0.410. The van der Waals surface area contributed by atoms with Crippen molar-refractivity contribution in [2.75, 3.05) is 13.6 Å². The van der Waals surface area contributed by atoms with Crippen LogP contribution in [0.1, 0.15) is 16.7 Å². The Kier molecular flexibility index (Phi) is 4.08. The first-order chi connectivity index (χ1) is 6.57. The molecule has 1 aromatic carbocycles. The lowest BCUT2D eigenvalue weighted by Crippen LogP contribution is -2.12. The molecule has 0 aliphatic rings. The molecule has 0 saturated heterocycles. The first kappa shape index (κ1) is 11.7. The van der Waals surface area contributed by atoms with Gasteiger partial charge in [0.25, 0.3) is 0 Å². The predicted octanol–water partition coefficient (Wildman–Crippen LogP) is 2.97. The van der Waals surface area contributed by atoms with Gasteiger partial charge in [0.2, 0.25) is 0 Å². The Morgan fingerprint density at radius 1 is 1.43 bits per heavy atom. The highest BCUT2D eigenvalue weighted by atomic mass is 79.9. The van der Waals surface area contributed by atoms with Crippen LogP contribution in [-0.2, 0) is 6.42 Å². The van der Waals surface area contributed by atoms with Crippen LogP contribution in [0.25, 0.3) is 0 Å². The summed E-state index contributed by atoms with van der Waals surface area (Å²) in [4.78, 5) is 0. The molecule has 0 saturated carbocycles. The van der Waals surface area contributed by atoms with E-state index in [4.69, 9.17) is 0 Å². The van der Waals surface area contributed by atoms with Gasteiger partial charge in [-0.05, 0) is 56.6 Å². The average Bonchev–Trinajstić information content (AvgIpc) is 2.15. The van der Waals surface area contributed by atoms with Crippen molar-refractivity contribution in [1.29, 1.82) is 0 Å². The number of nitrogens with one attached hydrogen (secondary N) is 1.